The molecule has 0 aromatic heterocycles. The van der Waals surface area contributed by atoms with Crippen molar-refractivity contribution >= 4 is 11.6 Å². The minimum atomic E-state index is 0.150. The topological polar surface area (TPSA) is 38.3 Å². The van der Waals surface area contributed by atoms with Crippen LogP contribution in [0.5, 0.6) is 11.5 Å². The van der Waals surface area contributed by atoms with Crippen molar-refractivity contribution in [3.63, 3.8) is 0 Å². The summed E-state index contributed by atoms with van der Waals surface area (Å²) in [5.74, 6) is 1.91. The highest BCUT2D eigenvalue weighted by molar-refractivity contribution is 5.92. The SMILES string of the molecule is Cc1ccc(Oc2ccc(NC(=O)C3CCCCC3)cc2)cc1. The van der Waals surface area contributed by atoms with E-state index < -0.39 is 0 Å². The minimum absolute atomic E-state index is 0.150. The highest BCUT2D eigenvalue weighted by Crippen LogP contribution is 2.26. The lowest BCUT2D eigenvalue weighted by Gasteiger charge is -2.20. The molecule has 0 heterocycles. The first kappa shape index (κ1) is 15.6. The van der Waals surface area contributed by atoms with Crippen LogP contribution in [-0.2, 0) is 4.79 Å². The smallest absolute Gasteiger partial charge is 0.227 e. The van der Waals surface area contributed by atoms with Gasteiger partial charge in [0.2, 0.25) is 5.91 Å². The van der Waals surface area contributed by atoms with Crippen LogP contribution in [0.4, 0.5) is 5.69 Å². The molecule has 1 amide bonds. The number of amides is 1. The van der Waals surface area contributed by atoms with Crippen molar-refractivity contribution in [1.29, 1.82) is 0 Å². The lowest BCUT2D eigenvalue weighted by atomic mass is 9.88. The van der Waals surface area contributed by atoms with Gasteiger partial charge in [0.1, 0.15) is 11.5 Å². The van der Waals surface area contributed by atoms with E-state index in [-0.39, 0.29) is 11.8 Å². The Bertz CT molecular complexity index is 640. The van der Waals surface area contributed by atoms with Crippen molar-refractivity contribution in [2.24, 2.45) is 5.92 Å². The van der Waals surface area contributed by atoms with Crippen molar-refractivity contribution < 1.29 is 9.53 Å². The molecule has 0 spiro atoms. The van der Waals surface area contributed by atoms with Gasteiger partial charge < -0.3 is 10.1 Å². The monoisotopic (exact) mass is 309 g/mol. The van der Waals surface area contributed by atoms with Crippen molar-refractivity contribution in [3.05, 3.63) is 54.1 Å². The summed E-state index contributed by atoms with van der Waals surface area (Å²) in [7, 11) is 0. The van der Waals surface area contributed by atoms with Crippen molar-refractivity contribution in [2.75, 3.05) is 5.32 Å². The van der Waals surface area contributed by atoms with Gasteiger partial charge in [-0.3, -0.25) is 4.79 Å². The highest BCUT2D eigenvalue weighted by Gasteiger charge is 2.20. The number of ether oxygens (including phenoxy) is 1. The molecule has 1 aliphatic carbocycles. The Morgan fingerprint density at radius 3 is 2.09 bits per heavy atom. The summed E-state index contributed by atoms with van der Waals surface area (Å²) in [6, 6.07) is 15.5. The number of rotatable bonds is 4. The van der Waals surface area contributed by atoms with Crippen LogP contribution in [0.25, 0.3) is 0 Å². The zero-order valence-electron chi connectivity index (χ0n) is 13.5. The second-order valence-corrected chi connectivity index (χ2v) is 6.26. The summed E-state index contributed by atoms with van der Waals surface area (Å²) in [4.78, 5) is 12.2. The quantitative estimate of drug-likeness (QED) is 0.831. The van der Waals surface area contributed by atoms with Crippen molar-refractivity contribution in [1.82, 2.24) is 0 Å². The van der Waals surface area contributed by atoms with Gasteiger partial charge in [-0.2, -0.15) is 0 Å². The molecule has 3 nitrogen and oxygen atoms in total. The molecule has 1 aliphatic rings. The first-order valence-electron chi connectivity index (χ1n) is 8.36. The molecule has 0 unspecified atom stereocenters. The van der Waals surface area contributed by atoms with Gasteiger partial charge in [0, 0.05) is 11.6 Å². The fraction of sp³-hybridized carbons (Fsp3) is 0.350. The summed E-state index contributed by atoms with van der Waals surface area (Å²) in [5, 5.41) is 3.02. The molecule has 2 aromatic rings. The highest BCUT2D eigenvalue weighted by atomic mass is 16.5. The average Bonchev–Trinajstić information content (AvgIpc) is 2.59. The van der Waals surface area contributed by atoms with Crippen molar-refractivity contribution in [2.45, 2.75) is 39.0 Å². The van der Waals surface area contributed by atoms with E-state index in [2.05, 4.69) is 5.32 Å². The maximum atomic E-state index is 12.2. The van der Waals surface area contributed by atoms with Crippen LogP contribution in [-0.4, -0.2) is 5.91 Å². The second kappa shape index (κ2) is 7.32. The van der Waals surface area contributed by atoms with E-state index in [1.165, 1.54) is 24.8 Å². The summed E-state index contributed by atoms with van der Waals surface area (Å²) < 4.78 is 5.80. The zero-order valence-corrected chi connectivity index (χ0v) is 13.5. The molecule has 1 N–H and O–H groups in total. The van der Waals surface area contributed by atoms with Gasteiger partial charge in [0.05, 0.1) is 0 Å². The fourth-order valence-corrected chi connectivity index (χ4v) is 2.96. The molecular weight excluding hydrogens is 286 g/mol. The largest absolute Gasteiger partial charge is 0.457 e. The summed E-state index contributed by atoms with van der Waals surface area (Å²) >= 11 is 0. The Labute approximate surface area is 137 Å². The van der Waals surface area contributed by atoms with E-state index in [4.69, 9.17) is 4.74 Å². The number of benzene rings is 2. The van der Waals surface area contributed by atoms with Gasteiger partial charge in [-0.15, -0.1) is 0 Å². The molecule has 0 atom stereocenters. The zero-order chi connectivity index (χ0) is 16.1. The van der Waals surface area contributed by atoms with Crippen LogP contribution in [0.15, 0.2) is 48.5 Å². The predicted molar refractivity (Wildman–Crippen MR) is 92.9 cm³/mol. The number of hydrogen-bond acceptors (Lipinski definition) is 2. The summed E-state index contributed by atoms with van der Waals surface area (Å²) in [5.41, 5.74) is 2.04. The van der Waals surface area contributed by atoms with E-state index in [1.807, 2.05) is 55.5 Å². The van der Waals surface area contributed by atoms with Gasteiger partial charge in [-0.1, -0.05) is 37.0 Å². The van der Waals surface area contributed by atoms with Gasteiger partial charge in [-0.25, -0.2) is 0 Å². The van der Waals surface area contributed by atoms with Gasteiger partial charge >= 0.3 is 0 Å². The number of carbonyl (C=O) groups excluding carboxylic acids is 1. The molecule has 120 valence electrons. The number of nitrogens with one attached hydrogen (secondary N) is 1. The molecule has 0 radical (unpaired) electrons. The number of aryl methyl sites for hydroxylation is 1. The third-order valence-corrected chi connectivity index (χ3v) is 4.35. The van der Waals surface area contributed by atoms with Crippen LogP contribution < -0.4 is 10.1 Å². The second-order valence-electron chi connectivity index (χ2n) is 6.26. The van der Waals surface area contributed by atoms with Gasteiger partial charge in [-0.05, 0) is 56.2 Å². The van der Waals surface area contributed by atoms with Crippen LogP contribution in [0.2, 0.25) is 0 Å². The van der Waals surface area contributed by atoms with Crippen LogP contribution in [0.1, 0.15) is 37.7 Å². The average molecular weight is 309 g/mol. The van der Waals surface area contributed by atoms with Gasteiger partial charge in [0.15, 0.2) is 0 Å². The number of anilines is 1. The predicted octanol–water partition coefficient (Wildman–Crippen LogP) is 5.31. The minimum Gasteiger partial charge on any atom is -0.457 e. The normalized spacial score (nSPS) is 15.2. The maximum absolute atomic E-state index is 12.2. The Kier molecular flexibility index (Phi) is 4.96. The molecular formula is C20H23NO2. The Morgan fingerprint density at radius 2 is 1.48 bits per heavy atom. The van der Waals surface area contributed by atoms with E-state index >= 15 is 0 Å². The van der Waals surface area contributed by atoms with Crippen LogP contribution >= 0.6 is 0 Å². The number of carbonyl (C=O) groups is 1. The molecule has 2 aromatic carbocycles. The van der Waals surface area contributed by atoms with Crippen molar-refractivity contribution in [3.8, 4) is 11.5 Å². The van der Waals surface area contributed by atoms with Crippen LogP contribution in [0.3, 0.4) is 0 Å². The molecule has 0 saturated heterocycles. The van der Waals surface area contributed by atoms with Crippen LogP contribution in [0, 0.1) is 12.8 Å². The summed E-state index contributed by atoms with van der Waals surface area (Å²) in [6.07, 6.45) is 5.62. The first-order valence-corrected chi connectivity index (χ1v) is 8.36. The standard InChI is InChI=1S/C20H23NO2/c1-15-7-11-18(12-8-15)23-19-13-9-17(10-14-19)21-20(22)16-5-3-2-4-6-16/h7-14,16H,2-6H2,1H3,(H,21,22). The Morgan fingerprint density at radius 1 is 0.913 bits per heavy atom. The summed E-state index contributed by atoms with van der Waals surface area (Å²) in [6.45, 7) is 2.05. The molecule has 3 rings (SSSR count). The van der Waals surface area contributed by atoms with E-state index in [0.717, 1.165) is 30.0 Å². The third kappa shape index (κ3) is 4.35. The maximum Gasteiger partial charge on any atom is 0.227 e. The number of hydrogen-bond donors (Lipinski definition) is 1. The molecule has 0 aliphatic heterocycles. The van der Waals surface area contributed by atoms with E-state index in [1.54, 1.807) is 0 Å². The lowest BCUT2D eigenvalue weighted by Crippen LogP contribution is -2.24. The Hall–Kier alpha value is -2.29. The van der Waals surface area contributed by atoms with E-state index in [9.17, 15) is 4.79 Å². The third-order valence-electron chi connectivity index (χ3n) is 4.35. The first-order chi connectivity index (χ1) is 11.2. The van der Waals surface area contributed by atoms with E-state index in [0.29, 0.717) is 0 Å². The van der Waals surface area contributed by atoms with Gasteiger partial charge in [0.25, 0.3) is 0 Å². The molecule has 23 heavy (non-hydrogen) atoms. The molecule has 0 bridgehead atoms. The Balaban J connectivity index is 1.58. The molecule has 1 fully saturated rings. The molecule has 3 heteroatoms. The lowest BCUT2D eigenvalue weighted by molar-refractivity contribution is -0.120. The molecule has 1 saturated carbocycles. The fourth-order valence-electron chi connectivity index (χ4n) is 2.96.